The largest absolute Gasteiger partial charge is 0.396 e. The van der Waals surface area contributed by atoms with E-state index in [4.69, 9.17) is 5.73 Å². The van der Waals surface area contributed by atoms with Crippen LogP contribution in [0, 0.1) is 6.92 Å². The summed E-state index contributed by atoms with van der Waals surface area (Å²) in [4.78, 5) is 8.12. The molecule has 0 fully saturated rings. The van der Waals surface area contributed by atoms with E-state index in [1.54, 1.807) is 30.7 Å². The van der Waals surface area contributed by atoms with E-state index in [0.29, 0.717) is 16.5 Å². The van der Waals surface area contributed by atoms with E-state index in [9.17, 15) is 4.21 Å². The van der Waals surface area contributed by atoms with Crippen molar-refractivity contribution >= 4 is 16.5 Å². The highest BCUT2D eigenvalue weighted by molar-refractivity contribution is 7.84. The summed E-state index contributed by atoms with van der Waals surface area (Å²) >= 11 is 0. The number of hydrogen-bond donors (Lipinski definition) is 1. The molecule has 0 aliphatic heterocycles. The molecule has 0 aliphatic rings. The lowest BCUT2D eigenvalue weighted by Gasteiger charge is -2.04. The first-order valence-corrected chi connectivity index (χ1v) is 6.48. The Morgan fingerprint density at radius 1 is 1.41 bits per heavy atom. The minimum atomic E-state index is -1.23. The van der Waals surface area contributed by atoms with Crippen LogP contribution >= 0.6 is 0 Å². The molecular weight excluding hydrogens is 234 g/mol. The van der Waals surface area contributed by atoms with E-state index in [0.717, 1.165) is 11.1 Å². The quantitative estimate of drug-likeness (QED) is 0.895. The minimum Gasteiger partial charge on any atom is -0.396 e. The molecule has 0 radical (unpaired) electrons. The lowest BCUT2D eigenvalue weighted by atomic mass is 10.2. The zero-order chi connectivity index (χ0) is 12.3. The van der Waals surface area contributed by atoms with Gasteiger partial charge in [0.15, 0.2) is 0 Å². The molecule has 2 aromatic rings. The second-order valence-electron chi connectivity index (χ2n) is 3.76. The summed E-state index contributed by atoms with van der Waals surface area (Å²) in [6.45, 7) is 1.95. The molecule has 88 valence electrons. The van der Waals surface area contributed by atoms with Gasteiger partial charge in [0.05, 0.1) is 22.2 Å². The summed E-state index contributed by atoms with van der Waals surface area (Å²) in [6, 6.07) is 5.39. The van der Waals surface area contributed by atoms with E-state index in [-0.39, 0.29) is 0 Å². The molecule has 0 saturated carbocycles. The molecule has 17 heavy (non-hydrogen) atoms. The van der Waals surface area contributed by atoms with E-state index >= 15 is 0 Å². The molecule has 1 atom stereocenters. The average Bonchev–Trinajstić information content (AvgIpc) is 2.29. The molecule has 4 nitrogen and oxygen atoms in total. The van der Waals surface area contributed by atoms with Gasteiger partial charge in [0.1, 0.15) is 5.03 Å². The summed E-state index contributed by atoms with van der Waals surface area (Å²) in [5.74, 6) is 0.385. The Labute approximate surface area is 102 Å². The number of aromatic nitrogens is 2. The van der Waals surface area contributed by atoms with Crippen molar-refractivity contribution < 1.29 is 4.21 Å². The highest BCUT2D eigenvalue weighted by atomic mass is 32.2. The molecule has 0 bridgehead atoms. The van der Waals surface area contributed by atoms with Crippen LogP contribution in [0.1, 0.15) is 11.1 Å². The monoisotopic (exact) mass is 247 g/mol. The molecule has 1 unspecified atom stereocenters. The second-order valence-corrected chi connectivity index (χ2v) is 5.12. The molecule has 5 heteroatoms. The highest BCUT2D eigenvalue weighted by Crippen LogP contribution is 2.16. The first-order chi connectivity index (χ1) is 8.16. The van der Waals surface area contributed by atoms with Crippen molar-refractivity contribution in [2.45, 2.75) is 17.7 Å². The van der Waals surface area contributed by atoms with Crippen molar-refractivity contribution in [3.63, 3.8) is 0 Å². The van der Waals surface area contributed by atoms with Crippen molar-refractivity contribution in [1.82, 2.24) is 9.97 Å². The predicted molar refractivity (Wildman–Crippen MR) is 67.7 cm³/mol. The maximum Gasteiger partial charge on any atom is 0.150 e. The lowest BCUT2D eigenvalue weighted by molar-refractivity contribution is 0.680. The molecular formula is C12H13N3OS. The van der Waals surface area contributed by atoms with Gasteiger partial charge in [0, 0.05) is 18.6 Å². The first kappa shape index (κ1) is 11.7. The molecule has 0 saturated heterocycles. The van der Waals surface area contributed by atoms with Gasteiger partial charge in [0.25, 0.3) is 0 Å². The number of nitrogens with zero attached hydrogens (tertiary/aromatic N) is 2. The molecule has 2 heterocycles. The maximum absolute atomic E-state index is 12.1. The number of pyridine rings is 2. The van der Waals surface area contributed by atoms with Crippen LogP contribution in [-0.4, -0.2) is 14.2 Å². The van der Waals surface area contributed by atoms with Crippen molar-refractivity contribution in [1.29, 1.82) is 0 Å². The van der Waals surface area contributed by atoms with E-state index in [1.165, 1.54) is 0 Å². The highest BCUT2D eigenvalue weighted by Gasteiger charge is 2.10. The fourth-order valence-corrected chi connectivity index (χ4v) is 2.62. The number of rotatable bonds is 3. The van der Waals surface area contributed by atoms with Crippen LogP contribution in [0.3, 0.4) is 0 Å². The third-order valence-corrected chi connectivity index (χ3v) is 3.61. The van der Waals surface area contributed by atoms with Crippen LogP contribution in [0.15, 0.2) is 41.8 Å². The summed E-state index contributed by atoms with van der Waals surface area (Å²) in [7, 11) is -1.23. The fraction of sp³-hybridized carbons (Fsp3) is 0.167. The summed E-state index contributed by atoms with van der Waals surface area (Å²) in [6.07, 6.45) is 5.07. The summed E-state index contributed by atoms with van der Waals surface area (Å²) in [5, 5.41) is 0.439. The van der Waals surface area contributed by atoms with Crippen molar-refractivity contribution in [2.75, 3.05) is 5.73 Å². The predicted octanol–water partition coefficient (Wildman–Crippen LogP) is 1.68. The standard InChI is InChI=1S/C12H13N3OS/c1-9-5-10(7-14-6-9)8-17(16)12-11(13)3-2-4-15-12/h2-7H,8,13H2,1H3. The van der Waals surface area contributed by atoms with Gasteiger partial charge in [-0.15, -0.1) is 0 Å². The van der Waals surface area contributed by atoms with Gasteiger partial charge in [-0.2, -0.15) is 0 Å². The molecule has 0 spiro atoms. The number of aryl methyl sites for hydroxylation is 1. The van der Waals surface area contributed by atoms with Gasteiger partial charge in [-0.3, -0.25) is 9.19 Å². The minimum absolute atomic E-state index is 0.385. The Morgan fingerprint density at radius 2 is 2.24 bits per heavy atom. The molecule has 0 amide bonds. The maximum atomic E-state index is 12.1. The second kappa shape index (κ2) is 5.05. The van der Waals surface area contributed by atoms with Crippen molar-refractivity contribution in [3.05, 3.63) is 47.9 Å². The number of hydrogen-bond acceptors (Lipinski definition) is 4. The Hall–Kier alpha value is -1.75. The SMILES string of the molecule is Cc1cncc(CS(=O)c2ncccc2N)c1. The average molecular weight is 247 g/mol. The van der Waals surface area contributed by atoms with Gasteiger partial charge in [0.2, 0.25) is 0 Å². The zero-order valence-electron chi connectivity index (χ0n) is 9.46. The fourth-order valence-electron chi connectivity index (χ4n) is 1.51. The summed E-state index contributed by atoms with van der Waals surface area (Å²) < 4.78 is 12.1. The van der Waals surface area contributed by atoms with E-state index in [1.807, 2.05) is 13.0 Å². The molecule has 0 aliphatic carbocycles. The Bertz CT molecular complexity index is 557. The van der Waals surface area contributed by atoms with Crippen LogP contribution in [0.4, 0.5) is 5.69 Å². The molecule has 0 aromatic carbocycles. The molecule has 2 N–H and O–H groups in total. The van der Waals surface area contributed by atoms with Gasteiger partial charge in [-0.1, -0.05) is 6.07 Å². The number of anilines is 1. The lowest BCUT2D eigenvalue weighted by Crippen LogP contribution is -2.03. The third kappa shape index (κ3) is 2.88. The zero-order valence-corrected chi connectivity index (χ0v) is 10.3. The smallest absolute Gasteiger partial charge is 0.150 e. The number of nitrogen functional groups attached to an aromatic ring is 1. The van der Waals surface area contributed by atoms with Crippen LogP contribution in [0.2, 0.25) is 0 Å². The van der Waals surface area contributed by atoms with E-state index in [2.05, 4.69) is 9.97 Å². The molecule has 2 aromatic heterocycles. The van der Waals surface area contributed by atoms with Gasteiger partial charge >= 0.3 is 0 Å². The van der Waals surface area contributed by atoms with Crippen LogP contribution < -0.4 is 5.73 Å². The Kier molecular flexibility index (Phi) is 3.49. The molecule has 2 rings (SSSR count). The normalized spacial score (nSPS) is 12.3. The van der Waals surface area contributed by atoms with E-state index < -0.39 is 10.8 Å². The van der Waals surface area contributed by atoms with Gasteiger partial charge in [-0.05, 0) is 30.2 Å². The topological polar surface area (TPSA) is 68.9 Å². The van der Waals surface area contributed by atoms with Crippen molar-refractivity contribution in [3.8, 4) is 0 Å². The first-order valence-electron chi connectivity index (χ1n) is 5.16. The number of nitrogens with two attached hydrogens (primary N) is 1. The Balaban J connectivity index is 2.20. The third-order valence-electron chi connectivity index (χ3n) is 2.25. The van der Waals surface area contributed by atoms with Crippen LogP contribution in [0.25, 0.3) is 0 Å². The van der Waals surface area contributed by atoms with Crippen LogP contribution in [-0.2, 0) is 16.6 Å². The Morgan fingerprint density at radius 3 is 2.94 bits per heavy atom. The van der Waals surface area contributed by atoms with Gasteiger partial charge < -0.3 is 5.73 Å². The van der Waals surface area contributed by atoms with Crippen LogP contribution in [0.5, 0.6) is 0 Å². The van der Waals surface area contributed by atoms with Gasteiger partial charge in [-0.25, -0.2) is 4.98 Å². The van der Waals surface area contributed by atoms with Crippen molar-refractivity contribution in [2.24, 2.45) is 0 Å². The summed E-state index contributed by atoms with van der Waals surface area (Å²) in [5.41, 5.74) is 8.17.